The number of nitrogens with one attached hydrogen (secondary N) is 1. The molecule has 0 bridgehead atoms. The number of nitrogens with zero attached hydrogens (tertiary/aromatic N) is 1. The van der Waals surface area contributed by atoms with E-state index >= 15 is 0 Å². The molecule has 2 fully saturated rings. The van der Waals surface area contributed by atoms with Crippen LogP contribution in [0.4, 0.5) is 4.79 Å². The number of aromatic hydroxyl groups is 1. The van der Waals surface area contributed by atoms with Gasteiger partial charge in [-0.2, -0.15) is 0 Å². The number of rotatable bonds is 9. The molecule has 37 heavy (non-hydrogen) atoms. The van der Waals surface area contributed by atoms with Crippen molar-refractivity contribution < 1.29 is 59.9 Å². The summed E-state index contributed by atoms with van der Waals surface area (Å²) < 4.78 is 16.6. The van der Waals surface area contributed by atoms with Crippen LogP contribution in [-0.2, 0) is 20.8 Å². The number of hydrogen-bond acceptors (Lipinski definition) is 12. The van der Waals surface area contributed by atoms with Gasteiger partial charge in [0.25, 0.3) is 0 Å². The van der Waals surface area contributed by atoms with Crippen LogP contribution in [0.5, 0.6) is 5.75 Å². The zero-order valence-corrected chi connectivity index (χ0v) is 20.4. The van der Waals surface area contributed by atoms with Crippen molar-refractivity contribution in [3.63, 3.8) is 0 Å². The maximum absolute atomic E-state index is 12.9. The number of urea groups is 1. The Morgan fingerprint density at radius 1 is 0.919 bits per heavy atom. The summed E-state index contributed by atoms with van der Waals surface area (Å²) in [6, 6.07) is 5.18. The smallest absolute Gasteiger partial charge is 0.319 e. The van der Waals surface area contributed by atoms with Crippen LogP contribution in [0.25, 0.3) is 0 Å². The Bertz CT molecular complexity index is 863. The number of aliphatic hydroxyl groups is 7. The van der Waals surface area contributed by atoms with Gasteiger partial charge in [-0.05, 0) is 17.7 Å². The van der Waals surface area contributed by atoms with Crippen molar-refractivity contribution >= 4 is 17.6 Å². The number of phenolic OH excluding ortho intramolecular Hbond substituents is 1. The highest BCUT2D eigenvalue weighted by Crippen LogP contribution is 2.31. The van der Waals surface area contributed by atoms with Crippen LogP contribution < -0.4 is 5.32 Å². The van der Waals surface area contributed by atoms with Crippen LogP contribution in [0.1, 0.15) is 5.56 Å². The number of benzene rings is 1. The maximum atomic E-state index is 12.9. The van der Waals surface area contributed by atoms with E-state index in [0.29, 0.717) is 5.56 Å². The topological polar surface area (TPSA) is 222 Å². The van der Waals surface area contributed by atoms with Crippen molar-refractivity contribution in [2.75, 3.05) is 25.6 Å². The Morgan fingerprint density at radius 3 is 2.16 bits per heavy atom. The van der Waals surface area contributed by atoms with Crippen molar-refractivity contribution in [2.24, 2.45) is 0 Å². The first kappa shape index (κ1) is 29.7. The largest absolute Gasteiger partial charge is 0.508 e. The SMILES string of the molecule is O=C(NCCCl)N(Cc1ccc(O)cc1)C1O[C@H](CO)[C@@H](O[C@H]2O[C@H](CO)[C@@H](O)[C@H](O)[C@H]2O)[C@H](O)[C@H]1O. The quantitative estimate of drug-likeness (QED) is 0.138. The molecule has 0 aromatic heterocycles. The molecule has 1 unspecified atom stereocenters. The van der Waals surface area contributed by atoms with E-state index in [0.717, 1.165) is 4.90 Å². The van der Waals surface area contributed by atoms with Gasteiger partial charge < -0.3 is 60.4 Å². The minimum atomic E-state index is -1.80. The number of carbonyl (C=O) groups is 1. The summed E-state index contributed by atoms with van der Waals surface area (Å²) in [5.74, 6) is 0.101. The Morgan fingerprint density at radius 2 is 1.57 bits per heavy atom. The van der Waals surface area contributed by atoms with Crippen molar-refractivity contribution in [1.29, 1.82) is 0 Å². The summed E-state index contributed by atoms with van der Waals surface area (Å²) in [7, 11) is 0. The number of ether oxygens (including phenoxy) is 3. The molecule has 15 heteroatoms. The fourth-order valence-electron chi connectivity index (χ4n) is 4.16. The van der Waals surface area contributed by atoms with E-state index in [4.69, 9.17) is 25.8 Å². The van der Waals surface area contributed by atoms with Gasteiger partial charge in [0.05, 0.1) is 19.8 Å². The van der Waals surface area contributed by atoms with Crippen LogP contribution in [-0.4, -0.2) is 139 Å². The summed E-state index contributed by atoms with van der Waals surface area (Å²) in [6.45, 7) is -1.51. The number of amides is 2. The van der Waals surface area contributed by atoms with Gasteiger partial charge in [0.2, 0.25) is 0 Å². The van der Waals surface area contributed by atoms with Crippen molar-refractivity contribution in [1.82, 2.24) is 10.2 Å². The molecule has 2 saturated heterocycles. The van der Waals surface area contributed by atoms with E-state index in [9.17, 15) is 45.6 Å². The molecule has 0 radical (unpaired) electrons. The molecule has 14 nitrogen and oxygen atoms in total. The predicted molar refractivity (Wildman–Crippen MR) is 124 cm³/mol. The number of hydrogen-bond donors (Lipinski definition) is 9. The lowest BCUT2D eigenvalue weighted by atomic mass is 9.96. The average Bonchev–Trinajstić information content (AvgIpc) is 2.90. The second-order valence-corrected chi connectivity index (χ2v) is 9.12. The Kier molecular flexibility index (Phi) is 10.7. The van der Waals surface area contributed by atoms with Gasteiger partial charge in [-0.15, -0.1) is 11.6 Å². The zero-order valence-electron chi connectivity index (χ0n) is 19.7. The summed E-state index contributed by atoms with van der Waals surface area (Å²) >= 11 is 5.66. The minimum absolute atomic E-state index is 0.000191. The monoisotopic (exact) mass is 552 g/mol. The molecule has 0 spiro atoms. The Hall–Kier alpha value is -1.82. The van der Waals surface area contributed by atoms with Crippen LogP contribution in [0.15, 0.2) is 24.3 Å². The molecule has 10 atom stereocenters. The number of alkyl halides is 1. The number of phenols is 1. The first-order chi connectivity index (χ1) is 17.6. The fourth-order valence-corrected chi connectivity index (χ4v) is 4.25. The molecule has 9 N–H and O–H groups in total. The lowest BCUT2D eigenvalue weighted by Crippen LogP contribution is -2.67. The number of halogens is 1. The molecule has 0 saturated carbocycles. The van der Waals surface area contributed by atoms with Crippen molar-refractivity contribution in [3.05, 3.63) is 29.8 Å². The van der Waals surface area contributed by atoms with Crippen LogP contribution in [0.2, 0.25) is 0 Å². The highest BCUT2D eigenvalue weighted by atomic mass is 35.5. The van der Waals surface area contributed by atoms with Gasteiger partial charge in [0.1, 0.15) is 54.6 Å². The second kappa shape index (κ2) is 13.3. The summed E-state index contributed by atoms with van der Waals surface area (Å²) in [5.41, 5.74) is 0.546. The van der Waals surface area contributed by atoms with Gasteiger partial charge in [0.15, 0.2) is 12.5 Å². The third-order valence-electron chi connectivity index (χ3n) is 6.21. The van der Waals surface area contributed by atoms with E-state index in [1.165, 1.54) is 24.3 Å². The van der Waals surface area contributed by atoms with E-state index in [1.807, 2.05) is 0 Å². The molecule has 2 aliphatic rings. The number of aliphatic hydroxyl groups excluding tert-OH is 7. The molecule has 0 aliphatic carbocycles. The first-order valence-electron chi connectivity index (χ1n) is 11.6. The predicted octanol–water partition coefficient (Wildman–Crippen LogP) is -3.23. The second-order valence-electron chi connectivity index (χ2n) is 8.74. The molecule has 2 aliphatic heterocycles. The molecule has 3 rings (SSSR count). The normalized spacial score (nSPS) is 36.2. The van der Waals surface area contributed by atoms with Gasteiger partial charge in [0, 0.05) is 12.4 Å². The third-order valence-corrected chi connectivity index (χ3v) is 6.40. The highest BCUT2D eigenvalue weighted by Gasteiger charge is 2.52. The summed E-state index contributed by atoms with van der Waals surface area (Å²) in [4.78, 5) is 14.0. The zero-order chi connectivity index (χ0) is 27.3. The van der Waals surface area contributed by atoms with Crippen LogP contribution in [0.3, 0.4) is 0 Å². The van der Waals surface area contributed by atoms with E-state index in [-0.39, 0.29) is 24.7 Å². The minimum Gasteiger partial charge on any atom is -0.508 e. The standard InChI is InChI=1S/C22H33ClN2O12/c23-5-6-24-22(34)25(7-10-1-3-11(28)4-2-10)20-17(32)16(31)19(13(9-27)35-20)37-21-18(33)15(30)14(29)12(8-26)36-21/h1-4,12-21,26-33H,5-9H2,(H,24,34)/t12-,13-,14-,15+,16-,17-,18-,19-,20?,21-/m1/s1. The van der Waals surface area contributed by atoms with Gasteiger partial charge in [-0.3, -0.25) is 4.90 Å². The van der Waals surface area contributed by atoms with Gasteiger partial charge in [-0.25, -0.2) is 4.79 Å². The maximum Gasteiger partial charge on any atom is 0.319 e. The van der Waals surface area contributed by atoms with Crippen LogP contribution >= 0.6 is 11.6 Å². The lowest BCUT2D eigenvalue weighted by Gasteiger charge is -2.48. The summed E-state index contributed by atoms with van der Waals surface area (Å²) in [6.07, 6.45) is -16.1. The first-order valence-corrected chi connectivity index (χ1v) is 12.1. The van der Waals surface area contributed by atoms with Crippen LogP contribution in [0, 0.1) is 0 Å². The summed E-state index contributed by atoms with van der Waals surface area (Å²) in [5, 5.41) is 83.4. The molecule has 2 heterocycles. The molecule has 1 aromatic rings. The fraction of sp³-hybridized carbons (Fsp3) is 0.682. The van der Waals surface area contributed by atoms with E-state index < -0.39 is 80.6 Å². The van der Waals surface area contributed by atoms with Gasteiger partial charge >= 0.3 is 6.03 Å². The molecule has 2 amide bonds. The molecular weight excluding hydrogens is 520 g/mol. The van der Waals surface area contributed by atoms with Gasteiger partial charge in [-0.1, -0.05) is 12.1 Å². The molecular formula is C22H33ClN2O12. The van der Waals surface area contributed by atoms with E-state index in [1.54, 1.807) is 0 Å². The molecule has 1 aromatic carbocycles. The van der Waals surface area contributed by atoms with E-state index in [2.05, 4.69) is 5.32 Å². The average molecular weight is 553 g/mol. The Labute approximate surface area is 217 Å². The lowest BCUT2D eigenvalue weighted by molar-refractivity contribution is -0.347. The highest BCUT2D eigenvalue weighted by molar-refractivity contribution is 6.18. The Balaban J connectivity index is 1.81. The molecule has 210 valence electrons. The third kappa shape index (κ3) is 6.79. The van der Waals surface area contributed by atoms with Crippen molar-refractivity contribution in [3.8, 4) is 5.75 Å². The number of carbonyl (C=O) groups excluding carboxylic acids is 1. The van der Waals surface area contributed by atoms with Crippen molar-refractivity contribution in [2.45, 2.75) is 67.9 Å².